The van der Waals surface area contributed by atoms with Crippen LogP contribution in [0.25, 0.3) is 66.8 Å². The molecule has 9 aromatic rings. The molecule has 0 saturated carbocycles. The molecule has 0 bridgehead atoms. The summed E-state index contributed by atoms with van der Waals surface area (Å²) in [5.74, 6) is 0. The van der Waals surface area contributed by atoms with Crippen LogP contribution < -0.4 is 4.90 Å². The van der Waals surface area contributed by atoms with E-state index in [0.29, 0.717) is 0 Å². The molecule has 0 amide bonds. The molecule has 0 N–H and O–H groups in total. The highest BCUT2D eigenvalue weighted by atomic mass is 15.1. The van der Waals surface area contributed by atoms with Crippen molar-refractivity contribution < 1.29 is 0 Å². The summed E-state index contributed by atoms with van der Waals surface area (Å²) in [6, 6.07) is 75.4. The number of anilines is 3. The van der Waals surface area contributed by atoms with Crippen molar-refractivity contribution in [2.45, 2.75) is 57.8 Å². The van der Waals surface area contributed by atoms with Gasteiger partial charge in [0, 0.05) is 33.2 Å². The molecule has 3 aliphatic rings. The Balaban J connectivity index is 1.15. The SMILES string of the molecule is CC1(C)c2ccccc2-c2ccc(-c3cccc(N(c4ccc(-c5ccccc5)cc4)c4ccc5c(c4)C(C)(C)c4ccccc4-5)c3-c3cccc4c3-c3ccccc3C4(C)C)cc21. The minimum atomic E-state index is -0.153. The standard InChI is InChI=1S/C63H51N/c1-61(2)54-27-15-12-22-50(54)59-51(24-16-28-55(59)61)60-45(42-32-36-48-46-20-10-13-25-52(46)62(3,4)56(48)38-42)23-17-29-58(60)64(43-33-30-41(31-34-43)40-18-8-7-9-19-40)44-35-37-49-47-21-11-14-26-53(47)63(5,6)57(49)39-44/h7-39H,1-6H3. The van der Waals surface area contributed by atoms with Gasteiger partial charge in [0.1, 0.15) is 0 Å². The van der Waals surface area contributed by atoms with Crippen LogP contribution in [-0.2, 0) is 16.2 Å². The molecular formula is C63H51N. The van der Waals surface area contributed by atoms with Gasteiger partial charge in [-0.2, -0.15) is 0 Å². The van der Waals surface area contributed by atoms with Crippen LogP contribution in [0.1, 0.15) is 74.9 Å². The fourth-order valence-corrected chi connectivity index (χ4v) is 11.8. The van der Waals surface area contributed by atoms with Gasteiger partial charge in [-0.05, 0) is 131 Å². The average Bonchev–Trinajstić information content (AvgIpc) is 3.81. The normalized spacial score (nSPS) is 15.1. The molecule has 9 aromatic carbocycles. The fraction of sp³-hybridized carbons (Fsp3) is 0.143. The summed E-state index contributed by atoms with van der Waals surface area (Å²) in [6.45, 7) is 14.3. The predicted molar refractivity (Wildman–Crippen MR) is 270 cm³/mol. The van der Waals surface area contributed by atoms with Gasteiger partial charge >= 0.3 is 0 Å². The van der Waals surface area contributed by atoms with E-state index < -0.39 is 0 Å². The second-order valence-corrected chi connectivity index (χ2v) is 19.7. The third-order valence-electron chi connectivity index (χ3n) is 15.1. The molecule has 1 heteroatoms. The van der Waals surface area contributed by atoms with Crippen molar-refractivity contribution in [3.8, 4) is 66.8 Å². The lowest BCUT2D eigenvalue weighted by Gasteiger charge is -2.31. The zero-order chi connectivity index (χ0) is 43.5. The maximum absolute atomic E-state index is 2.53. The van der Waals surface area contributed by atoms with Crippen LogP contribution in [0.3, 0.4) is 0 Å². The van der Waals surface area contributed by atoms with E-state index in [9.17, 15) is 0 Å². The lowest BCUT2D eigenvalue weighted by molar-refractivity contribution is 0.660. The van der Waals surface area contributed by atoms with Gasteiger partial charge in [-0.3, -0.25) is 0 Å². The molecule has 0 saturated heterocycles. The van der Waals surface area contributed by atoms with Crippen LogP contribution in [0, 0.1) is 0 Å². The van der Waals surface area contributed by atoms with Crippen molar-refractivity contribution in [3.05, 3.63) is 234 Å². The monoisotopic (exact) mass is 821 g/mol. The van der Waals surface area contributed by atoms with Crippen molar-refractivity contribution in [3.63, 3.8) is 0 Å². The number of fused-ring (bicyclic) bond motifs is 9. The van der Waals surface area contributed by atoms with E-state index in [2.05, 4.69) is 247 Å². The van der Waals surface area contributed by atoms with Crippen LogP contribution in [0.15, 0.2) is 200 Å². The van der Waals surface area contributed by atoms with Gasteiger partial charge in [0.2, 0.25) is 0 Å². The quantitative estimate of drug-likeness (QED) is 0.161. The minimum absolute atomic E-state index is 0.127. The van der Waals surface area contributed by atoms with Crippen molar-refractivity contribution in [1.82, 2.24) is 0 Å². The number of hydrogen-bond acceptors (Lipinski definition) is 1. The third-order valence-corrected chi connectivity index (χ3v) is 15.1. The molecule has 12 rings (SSSR count). The van der Waals surface area contributed by atoms with Crippen LogP contribution in [-0.4, -0.2) is 0 Å². The molecule has 0 aromatic heterocycles. The van der Waals surface area contributed by atoms with Crippen molar-refractivity contribution in [1.29, 1.82) is 0 Å². The summed E-state index contributed by atoms with van der Waals surface area (Å²) in [5, 5.41) is 0. The van der Waals surface area contributed by atoms with Gasteiger partial charge in [0.05, 0.1) is 5.69 Å². The summed E-state index contributed by atoms with van der Waals surface area (Å²) in [6.07, 6.45) is 0. The maximum Gasteiger partial charge on any atom is 0.0546 e. The van der Waals surface area contributed by atoms with Crippen LogP contribution in [0.2, 0.25) is 0 Å². The number of nitrogens with zero attached hydrogens (tertiary/aromatic N) is 1. The van der Waals surface area contributed by atoms with E-state index in [-0.39, 0.29) is 16.2 Å². The van der Waals surface area contributed by atoms with E-state index in [4.69, 9.17) is 0 Å². The molecule has 0 heterocycles. The number of benzene rings is 9. The highest BCUT2D eigenvalue weighted by Gasteiger charge is 2.40. The predicted octanol–water partition coefficient (Wildman–Crippen LogP) is 17.1. The molecule has 0 unspecified atom stereocenters. The summed E-state index contributed by atoms with van der Waals surface area (Å²) in [7, 11) is 0. The van der Waals surface area contributed by atoms with Gasteiger partial charge in [-0.15, -0.1) is 0 Å². The molecule has 1 nitrogen and oxygen atoms in total. The first-order valence-electron chi connectivity index (χ1n) is 22.8. The van der Waals surface area contributed by atoms with Gasteiger partial charge in [0.15, 0.2) is 0 Å². The summed E-state index contributed by atoms with van der Waals surface area (Å²) in [4.78, 5) is 2.53. The summed E-state index contributed by atoms with van der Waals surface area (Å²) in [5.41, 5.74) is 26.6. The van der Waals surface area contributed by atoms with Gasteiger partial charge in [0.25, 0.3) is 0 Å². The van der Waals surface area contributed by atoms with Gasteiger partial charge in [-0.25, -0.2) is 0 Å². The Kier molecular flexibility index (Phi) is 8.35. The molecule has 0 radical (unpaired) electrons. The first kappa shape index (κ1) is 38.5. The molecule has 0 atom stereocenters. The Bertz CT molecular complexity index is 3340. The minimum Gasteiger partial charge on any atom is -0.310 e. The number of rotatable bonds is 6. The van der Waals surface area contributed by atoms with Gasteiger partial charge < -0.3 is 4.90 Å². The Hall–Kier alpha value is -7.22. The zero-order valence-corrected chi connectivity index (χ0v) is 37.5. The Labute approximate surface area is 378 Å². The van der Waals surface area contributed by atoms with E-state index in [1.807, 2.05) is 0 Å². The Morgan fingerprint density at radius 1 is 0.266 bits per heavy atom. The van der Waals surface area contributed by atoms with E-state index >= 15 is 0 Å². The average molecular weight is 822 g/mol. The van der Waals surface area contributed by atoms with E-state index in [1.54, 1.807) is 0 Å². The smallest absolute Gasteiger partial charge is 0.0546 e. The second-order valence-electron chi connectivity index (χ2n) is 19.7. The fourth-order valence-electron chi connectivity index (χ4n) is 11.8. The third kappa shape index (κ3) is 5.50. The molecule has 0 fully saturated rings. The Morgan fingerprint density at radius 3 is 1.38 bits per heavy atom. The van der Waals surface area contributed by atoms with Crippen molar-refractivity contribution in [2.75, 3.05) is 4.90 Å². The molecule has 3 aliphatic carbocycles. The largest absolute Gasteiger partial charge is 0.310 e. The lowest BCUT2D eigenvalue weighted by atomic mass is 9.80. The lowest BCUT2D eigenvalue weighted by Crippen LogP contribution is -2.17. The highest BCUT2D eigenvalue weighted by molar-refractivity contribution is 6.04. The molecule has 0 aliphatic heterocycles. The van der Waals surface area contributed by atoms with E-state index in [1.165, 1.54) is 100 Å². The van der Waals surface area contributed by atoms with Crippen LogP contribution in [0.5, 0.6) is 0 Å². The van der Waals surface area contributed by atoms with Crippen molar-refractivity contribution in [2.24, 2.45) is 0 Å². The highest BCUT2D eigenvalue weighted by Crippen LogP contribution is 2.57. The molecule has 0 spiro atoms. The Morgan fingerprint density at radius 2 is 0.703 bits per heavy atom. The topological polar surface area (TPSA) is 3.24 Å². The number of hydrogen-bond donors (Lipinski definition) is 0. The summed E-state index contributed by atoms with van der Waals surface area (Å²) < 4.78 is 0. The first-order chi connectivity index (χ1) is 31.0. The molecule has 64 heavy (non-hydrogen) atoms. The second kappa shape index (κ2) is 13.9. The van der Waals surface area contributed by atoms with E-state index in [0.717, 1.165) is 17.1 Å². The molecular weight excluding hydrogens is 771 g/mol. The van der Waals surface area contributed by atoms with Crippen LogP contribution in [0.4, 0.5) is 17.1 Å². The van der Waals surface area contributed by atoms with Gasteiger partial charge in [-0.1, -0.05) is 205 Å². The maximum atomic E-state index is 2.53. The van der Waals surface area contributed by atoms with Crippen LogP contribution >= 0.6 is 0 Å². The first-order valence-corrected chi connectivity index (χ1v) is 22.8. The summed E-state index contributed by atoms with van der Waals surface area (Å²) >= 11 is 0. The van der Waals surface area contributed by atoms with Crippen molar-refractivity contribution >= 4 is 17.1 Å². The zero-order valence-electron chi connectivity index (χ0n) is 37.5. The molecule has 308 valence electrons.